The molecule has 0 bridgehead atoms. The van der Waals surface area contributed by atoms with Gasteiger partial charge in [-0.25, -0.2) is 4.98 Å². The zero-order valence-corrected chi connectivity index (χ0v) is 9.22. The van der Waals surface area contributed by atoms with Crippen LogP contribution in [-0.4, -0.2) is 51.0 Å². The number of amides is 2. The largest absolute Gasteiger partial charge is 0.354 e. The molecule has 2 aliphatic heterocycles. The molecule has 0 aliphatic carbocycles. The average Bonchev–Trinajstić information content (AvgIpc) is 2.98. The molecule has 3 heterocycles. The van der Waals surface area contributed by atoms with Gasteiger partial charge in [-0.15, -0.1) is 0 Å². The number of nitrogens with zero attached hydrogens (tertiary/aromatic N) is 3. The number of carbonyl (C=O) groups excluding carboxylic acids is 2. The molecule has 0 radical (unpaired) electrons. The molecule has 7 nitrogen and oxygen atoms in total. The van der Waals surface area contributed by atoms with E-state index in [-0.39, 0.29) is 29.6 Å². The second-order valence-electron chi connectivity index (χ2n) is 4.39. The summed E-state index contributed by atoms with van der Waals surface area (Å²) < 4.78 is 0. The molecule has 1 aromatic heterocycles. The predicted octanol–water partition coefficient (Wildman–Crippen LogP) is -0.845. The Balaban J connectivity index is 1.83. The summed E-state index contributed by atoms with van der Waals surface area (Å²) >= 11 is 0. The maximum Gasteiger partial charge on any atom is 0.291 e. The molecule has 2 saturated heterocycles. The molecule has 17 heavy (non-hydrogen) atoms. The summed E-state index contributed by atoms with van der Waals surface area (Å²) in [5, 5.41) is 9.05. The Morgan fingerprint density at radius 1 is 1.53 bits per heavy atom. The highest BCUT2D eigenvalue weighted by Gasteiger charge is 2.43. The Morgan fingerprint density at radius 3 is 3.18 bits per heavy atom. The van der Waals surface area contributed by atoms with Crippen LogP contribution in [-0.2, 0) is 4.79 Å². The number of likely N-dealkylation sites (tertiary alicyclic amines) is 1. The van der Waals surface area contributed by atoms with Gasteiger partial charge in [0.05, 0.1) is 12.0 Å². The first-order valence-corrected chi connectivity index (χ1v) is 5.71. The highest BCUT2D eigenvalue weighted by molar-refractivity contribution is 5.92. The first-order chi connectivity index (χ1) is 8.27. The Hall–Kier alpha value is -1.92. The van der Waals surface area contributed by atoms with Gasteiger partial charge in [0, 0.05) is 13.1 Å². The summed E-state index contributed by atoms with van der Waals surface area (Å²) in [7, 11) is 0. The molecule has 2 atom stereocenters. The third-order valence-electron chi connectivity index (χ3n) is 3.48. The second-order valence-corrected chi connectivity index (χ2v) is 4.39. The van der Waals surface area contributed by atoms with Crippen LogP contribution in [0.15, 0.2) is 6.33 Å². The third-order valence-corrected chi connectivity index (χ3v) is 3.48. The van der Waals surface area contributed by atoms with Gasteiger partial charge in [-0.05, 0) is 12.8 Å². The monoisotopic (exact) mass is 235 g/mol. The topological polar surface area (TPSA) is 91.0 Å². The van der Waals surface area contributed by atoms with Gasteiger partial charge in [0.2, 0.25) is 11.7 Å². The van der Waals surface area contributed by atoms with Crippen LogP contribution in [0.1, 0.15) is 23.5 Å². The Bertz CT molecular complexity index is 444. The molecular weight excluding hydrogens is 222 g/mol. The number of nitrogens with one attached hydrogen (secondary N) is 2. The van der Waals surface area contributed by atoms with E-state index in [1.165, 1.54) is 6.33 Å². The minimum atomic E-state index is -0.172. The van der Waals surface area contributed by atoms with E-state index in [9.17, 15) is 9.59 Å². The van der Waals surface area contributed by atoms with E-state index in [2.05, 4.69) is 20.5 Å². The molecule has 0 spiro atoms. The molecule has 2 fully saturated rings. The van der Waals surface area contributed by atoms with Gasteiger partial charge in [-0.1, -0.05) is 0 Å². The number of hydrogen-bond donors (Lipinski definition) is 2. The third kappa shape index (κ3) is 1.58. The highest BCUT2D eigenvalue weighted by Crippen LogP contribution is 2.27. The van der Waals surface area contributed by atoms with Gasteiger partial charge in [0.1, 0.15) is 6.33 Å². The van der Waals surface area contributed by atoms with Crippen molar-refractivity contribution in [3.05, 3.63) is 12.2 Å². The van der Waals surface area contributed by atoms with E-state index < -0.39 is 0 Å². The van der Waals surface area contributed by atoms with Crippen LogP contribution in [0.3, 0.4) is 0 Å². The van der Waals surface area contributed by atoms with Crippen LogP contribution >= 0.6 is 0 Å². The van der Waals surface area contributed by atoms with E-state index in [0.717, 1.165) is 12.8 Å². The zero-order valence-electron chi connectivity index (χ0n) is 9.22. The van der Waals surface area contributed by atoms with Gasteiger partial charge >= 0.3 is 0 Å². The molecule has 3 rings (SSSR count). The Kier molecular flexibility index (Phi) is 2.31. The van der Waals surface area contributed by atoms with E-state index in [4.69, 9.17) is 0 Å². The maximum atomic E-state index is 12.2. The van der Waals surface area contributed by atoms with E-state index >= 15 is 0 Å². The first-order valence-electron chi connectivity index (χ1n) is 5.71. The SMILES string of the molecule is O=C1NCC2C1CCCN2C(=O)c1ncn[nH]1. The van der Waals surface area contributed by atoms with Crippen molar-refractivity contribution in [3.8, 4) is 0 Å². The summed E-state index contributed by atoms with van der Waals surface area (Å²) in [5.74, 6) is 0.0689. The summed E-state index contributed by atoms with van der Waals surface area (Å²) in [4.78, 5) is 29.3. The van der Waals surface area contributed by atoms with Crippen LogP contribution in [0.4, 0.5) is 0 Å². The normalized spacial score (nSPS) is 27.8. The minimum absolute atomic E-state index is 0.0335. The number of aromatic nitrogens is 3. The van der Waals surface area contributed by atoms with Crippen molar-refractivity contribution in [3.63, 3.8) is 0 Å². The van der Waals surface area contributed by atoms with Gasteiger partial charge in [-0.2, -0.15) is 5.10 Å². The predicted molar refractivity (Wildman–Crippen MR) is 56.9 cm³/mol. The smallest absolute Gasteiger partial charge is 0.291 e. The van der Waals surface area contributed by atoms with Crippen molar-refractivity contribution < 1.29 is 9.59 Å². The lowest BCUT2D eigenvalue weighted by atomic mass is 9.91. The molecule has 1 aromatic rings. The Labute approximate surface area is 97.6 Å². The molecule has 90 valence electrons. The molecular formula is C10H13N5O2. The van der Waals surface area contributed by atoms with Gasteiger partial charge in [0.15, 0.2) is 0 Å². The van der Waals surface area contributed by atoms with Crippen molar-refractivity contribution in [1.29, 1.82) is 0 Å². The number of H-pyrrole nitrogens is 1. The van der Waals surface area contributed by atoms with Crippen LogP contribution in [0, 0.1) is 5.92 Å². The van der Waals surface area contributed by atoms with Crippen molar-refractivity contribution >= 4 is 11.8 Å². The van der Waals surface area contributed by atoms with Crippen molar-refractivity contribution in [2.45, 2.75) is 18.9 Å². The van der Waals surface area contributed by atoms with E-state index in [1.807, 2.05) is 0 Å². The lowest BCUT2D eigenvalue weighted by Crippen LogP contribution is -2.49. The van der Waals surface area contributed by atoms with E-state index in [1.54, 1.807) is 4.90 Å². The van der Waals surface area contributed by atoms with Crippen LogP contribution in [0.2, 0.25) is 0 Å². The van der Waals surface area contributed by atoms with Crippen LogP contribution in [0.25, 0.3) is 0 Å². The number of carbonyl (C=O) groups is 2. The standard InChI is InChI=1S/C10H13N5O2/c16-9-6-2-1-3-15(7(6)4-11-9)10(17)8-12-5-13-14-8/h5-7H,1-4H2,(H,11,16)(H,12,13,14). The fourth-order valence-electron chi connectivity index (χ4n) is 2.65. The number of fused-ring (bicyclic) bond motifs is 1. The molecule has 7 heteroatoms. The van der Waals surface area contributed by atoms with Crippen molar-refractivity contribution in [2.24, 2.45) is 5.92 Å². The van der Waals surface area contributed by atoms with Gasteiger partial charge in [0.25, 0.3) is 5.91 Å². The van der Waals surface area contributed by atoms with E-state index in [0.29, 0.717) is 13.1 Å². The van der Waals surface area contributed by atoms with Gasteiger partial charge in [-0.3, -0.25) is 14.7 Å². The lowest BCUT2D eigenvalue weighted by Gasteiger charge is -2.35. The molecule has 2 N–H and O–H groups in total. The number of hydrogen-bond acceptors (Lipinski definition) is 4. The zero-order chi connectivity index (χ0) is 11.8. The summed E-state index contributed by atoms with van der Waals surface area (Å²) in [6.45, 7) is 1.22. The quantitative estimate of drug-likeness (QED) is 0.663. The summed E-state index contributed by atoms with van der Waals surface area (Å²) in [5.41, 5.74) is 0. The van der Waals surface area contributed by atoms with Crippen LogP contribution in [0.5, 0.6) is 0 Å². The molecule has 0 aromatic carbocycles. The Morgan fingerprint density at radius 2 is 2.41 bits per heavy atom. The minimum Gasteiger partial charge on any atom is -0.354 e. The number of rotatable bonds is 1. The lowest BCUT2D eigenvalue weighted by molar-refractivity contribution is -0.123. The summed E-state index contributed by atoms with van der Waals surface area (Å²) in [6, 6.07) is -0.0335. The van der Waals surface area contributed by atoms with Crippen LogP contribution < -0.4 is 5.32 Å². The van der Waals surface area contributed by atoms with Crippen molar-refractivity contribution in [2.75, 3.05) is 13.1 Å². The first kappa shape index (κ1) is 10.2. The van der Waals surface area contributed by atoms with Crippen molar-refractivity contribution in [1.82, 2.24) is 25.4 Å². The summed E-state index contributed by atoms with van der Waals surface area (Å²) in [6.07, 6.45) is 3.03. The second kappa shape index (κ2) is 3.83. The number of aromatic amines is 1. The fourth-order valence-corrected chi connectivity index (χ4v) is 2.65. The highest BCUT2D eigenvalue weighted by atomic mass is 16.2. The van der Waals surface area contributed by atoms with Gasteiger partial charge < -0.3 is 10.2 Å². The number of piperidine rings is 1. The average molecular weight is 235 g/mol. The molecule has 0 saturated carbocycles. The molecule has 2 unspecified atom stereocenters. The fraction of sp³-hybridized carbons (Fsp3) is 0.600. The molecule has 2 aliphatic rings. The molecule has 2 amide bonds. The maximum absolute atomic E-state index is 12.2.